The lowest BCUT2D eigenvalue weighted by molar-refractivity contribution is -0.119. The van der Waals surface area contributed by atoms with Crippen molar-refractivity contribution in [3.63, 3.8) is 0 Å². The summed E-state index contributed by atoms with van der Waals surface area (Å²) >= 11 is 0. The number of sulfonamides is 1. The van der Waals surface area contributed by atoms with E-state index in [9.17, 15) is 13.2 Å². The van der Waals surface area contributed by atoms with Crippen LogP contribution in [0.15, 0.2) is 47.4 Å². The van der Waals surface area contributed by atoms with Crippen LogP contribution in [0.25, 0.3) is 0 Å². The zero-order chi connectivity index (χ0) is 23.8. The molecule has 0 radical (unpaired) electrons. The summed E-state index contributed by atoms with van der Waals surface area (Å²) in [7, 11) is -3.90. The number of anilines is 1. The predicted molar refractivity (Wildman–Crippen MR) is 132 cm³/mol. The lowest BCUT2D eigenvalue weighted by Crippen LogP contribution is -2.41. The van der Waals surface area contributed by atoms with E-state index in [1.54, 1.807) is 30.3 Å². The zero-order valence-electron chi connectivity index (χ0n) is 20.0. The number of rotatable bonds is 10. The van der Waals surface area contributed by atoms with E-state index in [-0.39, 0.29) is 17.3 Å². The normalized spacial score (nSPS) is 14.8. The summed E-state index contributed by atoms with van der Waals surface area (Å²) in [4.78, 5) is 12.9. The number of hydrogen-bond acceptors (Lipinski definition) is 4. The van der Waals surface area contributed by atoms with Crippen molar-refractivity contribution in [3.05, 3.63) is 59.2 Å². The number of carbonyl (C=O) groups excluding carboxylic acids is 1. The van der Waals surface area contributed by atoms with Crippen LogP contribution >= 0.6 is 0 Å². The first-order valence-electron chi connectivity index (χ1n) is 11.8. The van der Waals surface area contributed by atoms with Crippen molar-refractivity contribution < 1.29 is 17.9 Å². The van der Waals surface area contributed by atoms with E-state index in [2.05, 4.69) is 5.32 Å². The third-order valence-corrected chi connectivity index (χ3v) is 8.01. The molecule has 7 heteroatoms. The second-order valence-corrected chi connectivity index (χ2v) is 10.8. The Bertz CT molecular complexity index is 1030. The Morgan fingerprint density at radius 2 is 1.70 bits per heavy atom. The molecule has 1 aliphatic rings. The summed E-state index contributed by atoms with van der Waals surface area (Å²) < 4.78 is 34.0. The van der Waals surface area contributed by atoms with E-state index in [0.717, 1.165) is 29.5 Å². The summed E-state index contributed by atoms with van der Waals surface area (Å²) in [6.07, 6.45) is 7.03. The molecule has 1 amide bonds. The standard InChI is InChI=1S/C26H36N2O4S/c1-20-10-14-25(15-11-20)33(30,31)28(23-13-12-21(2)22(3)18-23)19-26(29)27-16-7-17-32-24-8-5-4-6-9-24/h10-15,18,24H,4-9,16-17,19H2,1-3H3,(H,27,29). The van der Waals surface area contributed by atoms with Gasteiger partial charge in [-0.2, -0.15) is 0 Å². The average molecular weight is 473 g/mol. The van der Waals surface area contributed by atoms with Crippen LogP contribution in [0.4, 0.5) is 5.69 Å². The number of carbonyl (C=O) groups is 1. The Morgan fingerprint density at radius 3 is 2.36 bits per heavy atom. The number of benzene rings is 2. The predicted octanol–water partition coefficient (Wildman–Crippen LogP) is 4.66. The first kappa shape index (κ1) is 25.2. The molecule has 0 heterocycles. The van der Waals surface area contributed by atoms with Crippen LogP contribution in [-0.2, 0) is 19.6 Å². The highest BCUT2D eigenvalue weighted by molar-refractivity contribution is 7.92. The molecular weight excluding hydrogens is 436 g/mol. The van der Waals surface area contributed by atoms with Crippen LogP contribution in [0.1, 0.15) is 55.2 Å². The first-order valence-corrected chi connectivity index (χ1v) is 13.3. The molecule has 0 bridgehead atoms. The molecule has 2 aromatic rings. The molecule has 6 nitrogen and oxygen atoms in total. The van der Waals surface area contributed by atoms with Crippen molar-refractivity contribution in [2.45, 2.75) is 70.3 Å². The van der Waals surface area contributed by atoms with E-state index in [1.165, 1.54) is 23.6 Å². The molecule has 0 unspecified atom stereocenters. The number of hydrogen-bond donors (Lipinski definition) is 1. The Kier molecular flexibility index (Phi) is 8.92. The van der Waals surface area contributed by atoms with Gasteiger partial charge in [-0.1, -0.05) is 43.0 Å². The number of nitrogens with one attached hydrogen (secondary N) is 1. The topological polar surface area (TPSA) is 75.7 Å². The number of aryl methyl sites for hydroxylation is 3. The molecule has 0 saturated heterocycles. The molecule has 0 aromatic heterocycles. The number of ether oxygens (including phenoxy) is 1. The SMILES string of the molecule is Cc1ccc(S(=O)(=O)N(CC(=O)NCCCOC2CCCCC2)c2ccc(C)c(C)c2)cc1. The van der Waals surface area contributed by atoms with Crippen molar-refractivity contribution in [1.82, 2.24) is 5.32 Å². The van der Waals surface area contributed by atoms with Crippen molar-refractivity contribution in [3.8, 4) is 0 Å². The van der Waals surface area contributed by atoms with Gasteiger partial charge >= 0.3 is 0 Å². The third kappa shape index (κ3) is 7.05. The van der Waals surface area contributed by atoms with Gasteiger partial charge in [0.05, 0.1) is 16.7 Å². The summed E-state index contributed by atoms with van der Waals surface area (Å²) in [5, 5.41) is 2.85. The van der Waals surface area contributed by atoms with E-state index in [0.29, 0.717) is 31.4 Å². The van der Waals surface area contributed by atoms with Crippen LogP contribution in [-0.4, -0.2) is 40.1 Å². The quantitative estimate of drug-likeness (QED) is 0.510. The molecule has 3 rings (SSSR count). The van der Waals surface area contributed by atoms with Gasteiger partial charge in [-0.3, -0.25) is 9.10 Å². The van der Waals surface area contributed by atoms with E-state index in [4.69, 9.17) is 4.74 Å². The largest absolute Gasteiger partial charge is 0.378 e. The fourth-order valence-electron chi connectivity index (χ4n) is 4.00. The maximum Gasteiger partial charge on any atom is 0.264 e. The van der Waals surface area contributed by atoms with Gasteiger partial charge in [0.1, 0.15) is 6.54 Å². The lowest BCUT2D eigenvalue weighted by Gasteiger charge is -2.25. The highest BCUT2D eigenvalue weighted by atomic mass is 32.2. The summed E-state index contributed by atoms with van der Waals surface area (Å²) in [5.41, 5.74) is 3.49. The first-order chi connectivity index (χ1) is 15.8. The Hall–Kier alpha value is -2.38. The molecule has 1 saturated carbocycles. The fraction of sp³-hybridized carbons (Fsp3) is 0.500. The van der Waals surface area contributed by atoms with Crippen LogP contribution in [0.5, 0.6) is 0 Å². The molecule has 33 heavy (non-hydrogen) atoms. The van der Waals surface area contributed by atoms with Gasteiger partial charge in [-0.15, -0.1) is 0 Å². The fourth-order valence-corrected chi connectivity index (χ4v) is 5.41. The maximum atomic E-state index is 13.5. The Labute approximate surface area is 198 Å². The van der Waals surface area contributed by atoms with Gasteiger partial charge in [0.15, 0.2) is 0 Å². The van der Waals surface area contributed by atoms with E-state index in [1.807, 2.05) is 32.9 Å². The zero-order valence-corrected chi connectivity index (χ0v) is 20.8. The van der Waals surface area contributed by atoms with Gasteiger partial charge in [-0.05, 0) is 75.4 Å². The molecule has 180 valence electrons. The van der Waals surface area contributed by atoms with Gasteiger partial charge in [-0.25, -0.2) is 8.42 Å². The van der Waals surface area contributed by atoms with Crippen LogP contribution in [0.2, 0.25) is 0 Å². The van der Waals surface area contributed by atoms with Gasteiger partial charge in [0.25, 0.3) is 10.0 Å². The van der Waals surface area contributed by atoms with Crippen molar-refractivity contribution in [2.24, 2.45) is 0 Å². The molecule has 1 N–H and O–H groups in total. The van der Waals surface area contributed by atoms with E-state index < -0.39 is 10.0 Å². The number of nitrogens with zero attached hydrogens (tertiary/aromatic N) is 1. The summed E-state index contributed by atoms with van der Waals surface area (Å²) in [5.74, 6) is -0.332. The molecule has 0 aliphatic heterocycles. The van der Waals surface area contributed by atoms with Crippen LogP contribution in [0, 0.1) is 20.8 Å². The highest BCUT2D eigenvalue weighted by Gasteiger charge is 2.27. The second-order valence-electron chi connectivity index (χ2n) is 8.93. The van der Waals surface area contributed by atoms with Crippen molar-refractivity contribution >= 4 is 21.6 Å². The molecule has 1 aliphatic carbocycles. The van der Waals surface area contributed by atoms with Gasteiger partial charge in [0.2, 0.25) is 5.91 Å². The lowest BCUT2D eigenvalue weighted by atomic mass is 9.98. The van der Waals surface area contributed by atoms with Crippen LogP contribution in [0.3, 0.4) is 0 Å². The van der Waals surface area contributed by atoms with E-state index >= 15 is 0 Å². The molecule has 0 spiro atoms. The Morgan fingerprint density at radius 1 is 1.00 bits per heavy atom. The van der Waals surface area contributed by atoms with Crippen molar-refractivity contribution in [1.29, 1.82) is 0 Å². The van der Waals surface area contributed by atoms with Crippen LogP contribution < -0.4 is 9.62 Å². The minimum atomic E-state index is -3.90. The highest BCUT2D eigenvalue weighted by Crippen LogP contribution is 2.26. The third-order valence-electron chi connectivity index (χ3n) is 6.22. The second kappa shape index (κ2) is 11.7. The maximum absolute atomic E-state index is 13.5. The summed E-state index contributed by atoms with van der Waals surface area (Å²) in [6, 6.07) is 12.1. The number of amides is 1. The van der Waals surface area contributed by atoms with Gasteiger partial charge < -0.3 is 10.1 Å². The summed E-state index contributed by atoms with van der Waals surface area (Å²) in [6.45, 7) is 6.59. The van der Waals surface area contributed by atoms with Crippen molar-refractivity contribution in [2.75, 3.05) is 24.0 Å². The average Bonchev–Trinajstić information content (AvgIpc) is 2.80. The van der Waals surface area contributed by atoms with Gasteiger partial charge in [0, 0.05) is 13.2 Å². The molecule has 2 aromatic carbocycles. The Balaban J connectivity index is 1.65. The monoisotopic (exact) mass is 472 g/mol. The smallest absolute Gasteiger partial charge is 0.264 e. The molecular formula is C26H36N2O4S. The molecule has 1 fully saturated rings. The molecule has 0 atom stereocenters. The minimum absolute atomic E-state index is 0.167. The minimum Gasteiger partial charge on any atom is -0.378 e.